The minimum atomic E-state index is 0.317. The van der Waals surface area contributed by atoms with Crippen molar-refractivity contribution >= 4 is 5.78 Å². The van der Waals surface area contributed by atoms with Gasteiger partial charge in [0.2, 0.25) is 0 Å². The van der Waals surface area contributed by atoms with Gasteiger partial charge in [-0.05, 0) is 78.4 Å². The number of unbranched alkanes of at least 4 members (excludes halogenated alkanes) is 2. The first-order valence-corrected chi connectivity index (χ1v) is 13.5. The van der Waals surface area contributed by atoms with Crippen LogP contribution in [-0.2, 0) is 4.79 Å². The highest BCUT2D eigenvalue weighted by Crippen LogP contribution is 2.68. The SMILES string of the molecule is CC.CCCCCC(C)C1CCC2C3C(C)C=C4CC(=O)CCC4(C)C3CCC12C. The molecule has 4 aliphatic carbocycles. The second-order valence-corrected chi connectivity index (χ2v) is 11.7. The van der Waals surface area contributed by atoms with Crippen LogP contribution < -0.4 is 0 Å². The minimum absolute atomic E-state index is 0.317. The lowest BCUT2D eigenvalue weighted by Crippen LogP contribution is -2.52. The molecule has 30 heavy (non-hydrogen) atoms. The quantitative estimate of drug-likeness (QED) is 0.325. The molecule has 4 aliphatic rings. The van der Waals surface area contributed by atoms with Gasteiger partial charge in [-0.1, -0.05) is 85.8 Å². The molecule has 0 aromatic rings. The van der Waals surface area contributed by atoms with Gasteiger partial charge in [0, 0.05) is 12.8 Å². The summed E-state index contributed by atoms with van der Waals surface area (Å²) in [6.45, 7) is 16.6. The molecule has 0 aromatic heterocycles. The van der Waals surface area contributed by atoms with Crippen molar-refractivity contribution < 1.29 is 4.79 Å². The van der Waals surface area contributed by atoms with E-state index >= 15 is 0 Å². The van der Waals surface area contributed by atoms with Crippen molar-refractivity contribution in [2.75, 3.05) is 0 Å². The van der Waals surface area contributed by atoms with E-state index in [1.165, 1.54) is 56.9 Å². The van der Waals surface area contributed by atoms with Gasteiger partial charge in [-0.2, -0.15) is 0 Å². The summed E-state index contributed by atoms with van der Waals surface area (Å²) in [6.07, 6.45) is 16.6. The number of carbonyl (C=O) groups is 1. The molecule has 0 bridgehead atoms. The van der Waals surface area contributed by atoms with E-state index in [1.807, 2.05) is 13.8 Å². The monoisotopic (exact) mass is 414 g/mol. The van der Waals surface area contributed by atoms with Crippen molar-refractivity contribution in [2.45, 2.75) is 119 Å². The fourth-order valence-corrected chi connectivity index (χ4v) is 8.73. The molecule has 8 atom stereocenters. The summed E-state index contributed by atoms with van der Waals surface area (Å²) in [5.41, 5.74) is 2.40. The van der Waals surface area contributed by atoms with Crippen LogP contribution >= 0.6 is 0 Å². The molecule has 0 spiro atoms. The Hall–Kier alpha value is -0.590. The van der Waals surface area contributed by atoms with E-state index in [0.29, 0.717) is 22.5 Å². The second kappa shape index (κ2) is 9.50. The standard InChI is InChI=1S/C27H44O.C2H6/c1-6-7-8-9-18(2)22-10-11-23-25-19(3)16-20-17-21(28)12-14-26(20,4)24(25)13-15-27(22,23)5;1-2/h16,18-19,22-25H,6-15,17H2,1-5H3;1-2H3. The predicted molar refractivity (Wildman–Crippen MR) is 129 cm³/mol. The Balaban J connectivity index is 0.00000124. The average Bonchev–Trinajstić information content (AvgIpc) is 3.08. The van der Waals surface area contributed by atoms with Gasteiger partial charge in [0.15, 0.2) is 0 Å². The van der Waals surface area contributed by atoms with Gasteiger partial charge in [0.1, 0.15) is 5.78 Å². The zero-order chi connectivity index (χ0) is 22.1. The largest absolute Gasteiger partial charge is 0.299 e. The van der Waals surface area contributed by atoms with E-state index in [-0.39, 0.29) is 0 Å². The Morgan fingerprint density at radius 2 is 1.80 bits per heavy atom. The lowest BCUT2D eigenvalue weighted by atomic mass is 9.45. The third-order valence-electron chi connectivity index (χ3n) is 10.3. The number of hydrogen-bond acceptors (Lipinski definition) is 1. The molecular weight excluding hydrogens is 364 g/mol. The van der Waals surface area contributed by atoms with Crippen LogP contribution in [0, 0.1) is 46.3 Å². The highest BCUT2D eigenvalue weighted by Gasteiger charge is 2.60. The van der Waals surface area contributed by atoms with E-state index in [9.17, 15) is 4.79 Å². The van der Waals surface area contributed by atoms with Crippen molar-refractivity contribution in [1.82, 2.24) is 0 Å². The summed E-state index contributed by atoms with van der Waals surface area (Å²) in [5, 5.41) is 0. The van der Waals surface area contributed by atoms with Crippen LogP contribution in [0.2, 0.25) is 0 Å². The first-order chi connectivity index (χ1) is 14.3. The van der Waals surface area contributed by atoms with Crippen LogP contribution in [0.1, 0.15) is 119 Å². The molecule has 172 valence electrons. The highest BCUT2D eigenvalue weighted by atomic mass is 16.1. The lowest BCUT2D eigenvalue weighted by Gasteiger charge is -2.59. The lowest BCUT2D eigenvalue weighted by molar-refractivity contribution is -0.123. The third kappa shape index (κ3) is 3.97. The summed E-state index contributed by atoms with van der Waals surface area (Å²) in [6, 6.07) is 0. The van der Waals surface area contributed by atoms with Crippen LogP contribution in [0.3, 0.4) is 0 Å². The molecular formula is C29H50O. The average molecular weight is 415 g/mol. The van der Waals surface area contributed by atoms with Crippen molar-refractivity contribution in [2.24, 2.45) is 46.3 Å². The first kappa shape index (κ1) is 24.1. The maximum atomic E-state index is 12.1. The molecule has 0 aliphatic heterocycles. The Kier molecular flexibility index (Phi) is 7.62. The van der Waals surface area contributed by atoms with Gasteiger partial charge >= 0.3 is 0 Å². The molecule has 0 N–H and O–H groups in total. The zero-order valence-electron chi connectivity index (χ0n) is 21.2. The van der Waals surface area contributed by atoms with E-state index in [2.05, 4.69) is 40.7 Å². The molecule has 3 fully saturated rings. The van der Waals surface area contributed by atoms with Gasteiger partial charge in [0.05, 0.1) is 0 Å². The number of hydrogen-bond donors (Lipinski definition) is 0. The topological polar surface area (TPSA) is 17.1 Å². The zero-order valence-corrected chi connectivity index (χ0v) is 21.2. The third-order valence-corrected chi connectivity index (χ3v) is 10.3. The van der Waals surface area contributed by atoms with Gasteiger partial charge in [-0.15, -0.1) is 0 Å². The molecule has 0 amide bonds. The maximum absolute atomic E-state index is 12.1. The summed E-state index contributed by atoms with van der Waals surface area (Å²) in [5.74, 6) is 5.57. The first-order valence-electron chi connectivity index (χ1n) is 13.5. The van der Waals surface area contributed by atoms with E-state index in [1.54, 1.807) is 0 Å². The maximum Gasteiger partial charge on any atom is 0.136 e. The van der Waals surface area contributed by atoms with Gasteiger partial charge in [0.25, 0.3) is 0 Å². The Bertz CT molecular complexity index is 632. The number of rotatable bonds is 5. The van der Waals surface area contributed by atoms with Gasteiger partial charge < -0.3 is 0 Å². The summed E-state index contributed by atoms with van der Waals surface area (Å²) in [4.78, 5) is 12.1. The number of Topliss-reactive ketones (excluding diaryl/α,β-unsaturated/α-hetero) is 1. The van der Waals surface area contributed by atoms with Crippen LogP contribution in [-0.4, -0.2) is 5.78 Å². The summed E-state index contributed by atoms with van der Waals surface area (Å²) < 4.78 is 0. The second-order valence-electron chi connectivity index (χ2n) is 11.7. The predicted octanol–water partition coefficient (Wildman–Crippen LogP) is 8.62. The molecule has 1 nitrogen and oxygen atoms in total. The smallest absolute Gasteiger partial charge is 0.136 e. The van der Waals surface area contributed by atoms with Crippen molar-refractivity contribution in [3.8, 4) is 0 Å². The summed E-state index contributed by atoms with van der Waals surface area (Å²) >= 11 is 0. The van der Waals surface area contributed by atoms with Gasteiger partial charge in [-0.25, -0.2) is 0 Å². The molecule has 3 saturated carbocycles. The fraction of sp³-hybridized carbons (Fsp3) is 0.897. The van der Waals surface area contributed by atoms with Crippen LogP contribution in [0.5, 0.6) is 0 Å². The molecule has 0 radical (unpaired) electrons. The number of carbonyl (C=O) groups excluding carboxylic acids is 1. The fourth-order valence-electron chi connectivity index (χ4n) is 8.73. The number of fused-ring (bicyclic) bond motifs is 5. The highest BCUT2D eigenvalue weighted by molar-refractivity contribution is 5.82. The number of ketones is 1. The van der Waals surface area contributed by atoms with Crippen LogP contribution in [0.15, 0.2) is 11.6 Å². The molecule has 4 rings (SSSR count). The van der Waals surface area contributed by atoms with Crippen molar-refractivity contribution in [1.29, 1.82) is 0 Å². The van der Waals surface area contributed by atoms with Crippen molar-refractivity contribution in [3.63, 3.8) is 0 Å². The normalized spacial score (nSPS) is 43.5. The molecule has 8 unspecified atom stereocenters. The van der Waals surface area contributed by atoms with Crippen molar-refractivity contribution in [3.05, 3.63) is 11.6 Å². The Morgan fingerprint density at radius 3 is 2.50 bits per heavy atom. The van der Waals surface area contributed by atoms with Crippen LogP contribution in [0.25, 0.3) is 0 Å². The number of allylic oxidation sites excluding steroid dienone is 2. The Labute approximate surface area is 187 Å². The van der Waals surface area contributed by atoms with E-state index in [4.69, 9.17) is 0 Å². The molecule has 0 aromatic carbocycles. The van der Waals surface area contributed by atoms with Gasteiger partial charge in [-0.3, -0.25) is 4.79 Å². The molecule has 0 saturated heterocycles. The Morgan fingerprint density at radius 1 is 1.07 bits per heavy atom. The van der Waals surface area contributed by atoms with Crippen LogP contribution in [0.4, 0.5) is 0 Å². The van der Waals surface area contributed by atoms with E-state index in [0.717, 1.165) is 48.9 Å². The molecule has 0 heterocycles. The minimum Gasteiger partial charge on any atom is -0.299 e. The van der Waals surface area contributed by atoms with E-state index < -0.39 is 0 Å². The summed E-state index contributed by atoms with van der Waals surface area (Å²) in [7, 11) is 0. The molecule has 1 heteroatoms.